The maximum Gasteiger partial charge on any atom is 0.320 e. The summed E-state index contributed by atoms with van der Waals surface area (Å²) in [6.45, 7) is 1.97. The first-order valence-corrected chi connectivity index (χ1v) is 5.19. The van der Waals surface area contributed by atoms with Crippen LogP contribution in [0.1, 0.15) is 11.1 Å². The lowest BCUT2D eigenvalue weighted by Gasteiger charge is -2.12. The van der Waals surface area contributed by atoms with Gasteiger partial charge in [-0.3, -0.25) is 4.79 Å². The Labute approximate surface area is 100 Å². The molecule has 2 N–H and O–H groups in total. The number of hydrogen-bond donors (Lipinski definition) is 1. The molecule has 5 nitrogen and oxygen atoms in total. The number of methoxy groups -OCH3 is 2. The number of esters is 1. The lowest BCUT2D eigenvalue weighted by atomic mass is 10.1. The van der Waals surface area contributed by atoms with Crippen LogP contribution in [0.5, 0.6) is 11.5 Å². The van der Waals surface area contributed by atoms with Crippen LogP contribution in [0.15, 0.2) is 12.1 Å². The van der Waals surface area contributed by atoms with Gasteiger partial charge in [0.15, 0.2) is 11.5 Å². The standard InChI is InChI=1S/C12H17NO4/c1-8-4-10(15-2)11(16-3)5-9(8)7-17-12(14)6-13/h4-5H,6-7,13H2,1-3H3. The summed E-state index contributed by atoms with van der Waals surface area (Å²) in [6.07, 6.45) is 0. The van der Waals surface area contributed by atoms with Crippen molar-refractivity contribution in [1.29, 1.82) is 0 Å². The van der Waals surface area contributed by atoms with Crippen molar-refractivity contribution in [3.05, 3.63) is 23.3 Å². The first-order valence-electron chi connectivity index (χ1n) is 5.19. The fraction of sp³-hybridized carbons (Fsp3) is 0.417. The van der Waals surface area contributed by atoms with Crippen molar-refractivity contribution in [2.24, 2.45) is 5.73 Å². The van der Waals surface area contributed by atoms with E-state index in [4.69, 9.17) is 19.9 Å². The first-order chi connectivity index (χ1) is 8.12. The van der Waals surface area contributed by atoms with Crippen molar-refractivity contribution in [1.82, 2.24) is 0 Å². The molecule has 1 rings (SSSR count). The van der Waals surface area contributed by atoms with Gasteiger partial charge in [-0.2, -0.15) is 0 Å². The van der Waals surface area contributed by atoms with E-state index in [2.05, 4.69) is 0 Å². The summed E-state index contributed by atoms with van der Waals surface area (Å²) in [6, 6.07) is 3.63. The largest absolute Gasteiger partial charge is 0.493 e. The number of carbonyl (C=O) groups is 1. The van der Waals surface area contributed by atoms with Gasteiger partial charge in [0.2, 0.25) is 0 Å². The maximum absolute atomic E-state index is 11.0. The van der Waals surface area contributed by atoms with Crippen molar-refractivity contribution < 1.29 is 19.0 Å². The second-order valence-corrected chi connectivity index (χ2v) is 3.50. The second kappa shape index (κ2) is 6.10. The van der Waals surface area contributed by atoms with E-state index in [1.807, 2.05) is 13.0 Å². The molecule has 0 aliphatic heterocycles. The molecule has 1 aromatic rings. The third kappa shape index (κ3) is 3.35. The van der Waals surface area contributed by atoms with Crippen LogP contribution in [0, 0.1) is 6.92 Å². The Bertz CT molecular complexity index is 404. The van der Waals surface area contributed by atoms with Crippen molar-refractivity contribution in [2.45, 2.75) is 13.5 Å². The Hall–Kier alpha value is -1.75. The van der Waals surface area contributed by atoms with Crippen LogP contribution in [0.25, 0.3) is 0 Å². The molecule has 0 aliphatic rings. The van der Waals surface area contributed by atoms with Crippen molar-refractivity contribution in [3.8, 4) is 11.5 Å². The van der Waals surface area contributed by atoms with Gasteiger partial charge in [0.25, 0.3) is 0 Å². The van der Waals surface area contributed by atoms with Gasteiger partial charge in [0.05, 0.1) is 20.8 Å². The van der Waals surface area contributed by atoms with Gasteiger partial charge in [0.1, 0.15) is 6.61 Å². The third-order valence-corrected chi connectivity index (χ3v) is 2.40. The molecule has 0 radical (unpaired) electrons. The van der Waals surface area contributed by atoms with Gasteiger partial charge in [-0.25, -0.2) is 0 Å². The van der Waals surface area contributed by atoms with E-state index in [1.165, 1.54) is 0 Å². The molecule has 94 valence electrons. The SMILES string of the molecule is COc1cc(C)c(COC(=O)CN)cc1OC. The van der Waals surface area contributed by atoms with Crippen LogP contribution >= 0.6 is 0 Å². The van der Waals surface area contributed by atoms with Crippen LogP contribution in [0.2, 0.25) is 0 Å². The van der Waals surface area contributed by atoms with Crippen LogP contribution in [-0.4, -0.2) is 26.7 Å². The van der Waals surface area contributed by atoms with E-state index in [0.29, 0.717) is 11.5 Å². The zero-order valence-electron chi connectivity index (χ0n) is 10.3. The van der Waals surface area contributed by atoms with E-state index < -0.39 is 5.97 Å². The summed E-state index contributed by atoms with van der Waals surface area (Å²) < 4.78 is 15.3. The molecule has 0 unspecified atom stereocenters. The molecule has 0 amide bonds. The van der Waals surface area contributed by atoms with Gasteiger partial charge < -0.3 is 19.9 Å². The van der Waals surface area contributed by atoms with Gasteiger partial charge in [-0.15, -0.1) is 0 Å². The summed E-state index contributed by atoms with van der Waals surface area (Å²) in [5, 5.41) is 0. The van der Waals surface area contributed by atoms with Crippen molar-refractivity contribution in [2.75, 3.05) is 20.8 Å². The van der Waals surface area contributed by atoms with Gasteiger partial charge in [-0.1, -0.05) is 0 Å². The normalized spacial score (nSPS) is 9.88. The highest BCUT2D eigenvalue weighted by Gasteiger charge is 2.09. The topological polar surface area (TPSA) is 70.8 Å². The average Bonchev–Trinajstić information content (AvgIpc) is 2.36. The molecule has 5 heteroatoms. The predicted octanol–water partition coefficient (Wildman–Crippen LogP) is 1.01. The zero-order chi connectivity index (χ0) is 12.8. The fourth-order valence-corrected chi connectivity index (χ4v) is 1.40. The number of hydrogen-bond acceptors (Lipinski definition) is 5. The number of nitrogens with two attached hydrogens (primary N) is 1. The monoisotopic (exact) mass is 239 g/mol. The number of rotatable bonds is 5. The summed E-state index contributed by atoms with van der Waals surface area (Å²) in [7, 11) is 3.13. The molecule has 0 heterocycles. The van der Waals surface area contributed by atoms with Crippen LogP contribution in [0.4, 0.5) is 0 Å². The maximum atomic E-state index is 11.0. The fourth-order valence-electron chi connectivity index (χ4n) is 1.40. The molecule has 17 heavy (non-hydrogen) atoms. The van der Waals surface area contributed by atoms with Gasteiger partial charge in [-0.05, 0) is 30.2 Å². The first kappa shape index (κ1) is 13.3. The molecule has 1 aromatic carbocycles. The number of carbonyl (C=O) groups excluding carboxylic acids is 1. The third-order valence-electron chi connectivity index (χ3n) is 2.40. The Kier molecular flexibility index (Phi) is 4.78. The molecular weight excluding hydrogens is 222 g/mol. The Morgan fingerprint density at radius 2 is 1.82 bits per heavy atom. The molecule has 0 saturated heterocycles. The van der Waals surface area contributed by atoms with E-state index in [-0.39, 0.29) is 13.2 Å². The molecule has 0 aliphatic carbocycles. The van der Waals surface area contributed by atoms with Gasteiger partial charge >= 0.3 is 5.97 Å². The lowest BCUT2D eigenvalue weighted by Crippen LogP contribution is -2.16. The molecule has 0 fully saturated rings. The van der Waals surface area contributed by atoms with E-state index in [1.54, 1.807) is 20.3 Å². The quantitative estimate of drug-likeness (QED) is 0.776. The van der Waals surface area contributed by atoms with Crippen molar-refractivity contribution in [3.63, 3.8) is 0 Å². The summed E-state index contributed by atoms with van der Waals surface area (Å²) in [5.74, 6) is 0.829. The van der Waals surface area contributed by atoms with E-state index >= 15 is 0 Å². The van der Waals surface area contributed by atoms with Crippen LogP contribution < -0.4 is 15.2 Å². The highest BCUT2D eigenvalue weighted by Crippen LogP contribution is 2.30. The number of benzene rings is 1. The van der Waals surface area contributed by atoms with E-state index in [0.717, 1.165) is 11.1 Å². The Morgan fingerprint density at radius 1 is 1.24 bits per heavy atom. The minimum atomic E-state index is -0.431. The highest BCUT2D eigenvalue weighted by atomic mass is 16.5. The molecule has 0 spiro atoms. The summed E-state index contributed by atoms with van der Waals surface area (Å²) >= 11 is 0. The molecule has 0 saturated carbocycles. The average molecular weight is 239 g/mol. The molecule has 0 aromatic heterocycles. The van der Waals surface area contributed by atoms with Gasteiger partial charge in [0, 0.05) is 0 Å². The molecular formula is C12H17NO4. The smallest absolute Gasteiger partial charge is 0.320 e. The summed E-state index contributed by atoms with van der Waals surface area (Å²) in [4.78, 5) is 11.0. The second-order valence-electron chi connectivity index (χ2n) is 3.50. The number of aryl methyl sites for hydroxylation is 1. The lowest BCUT2D eigenvalue weighted by molar-refractivity contribution is -0.143. The minimum Gasteiger partial charge on any atom is -0.493 e. The minimum absolute atomic E-state index is 0.119. The van der Waals surface area contributed by atoms with E-state index in [9.17, 15) is 4.79 Å². The Morgan fingerprint density at radius 3 is 2.35 bits per heavy atom. The number of ether oxygens (including phenoxy) is 3. The Balaban J connectivity index is 2.89. The molecule has 0 atom stereocenters. The zero-order valence-corrected chi connectivity index (χ0v) is 10.3. The van der Waals surface area contributed by atoms with Crippen LogP contribution in [-0.2, 0) is 16.1 Å². The van der Waals surface area contributed by atoms with Crippen molar-refractivity contribution >= 4 is 5.97 Å². The highest BCUT2D eigenvalue weighted by molar-refractivity contribution is 5.71. The van der Waals surface area contributed by atoms with Crippen LogP contribution in [0.3, 0.4) is 0 Å². The summed E-state index contributed by atoms with van der Waals surface area (Å²) in [5.41, 5.74) is 6.99. The molecule has 0 bridgehead atoms. The predicted molar refractivity (Wildman–Crippen MR) is 63.1 cm³/mol.